The third-order valence-electron chi connectivity index (χ3n) is 4.09. The van der Waals surface area contributed by atoms with Gasteiger partial charge in [-0.2, -0.15) is 0 Å². The summed E-state index contributed by atoms with van der Waals surface area (Å²) in [5.41, 5.74) is 4.17. The van der Waals surface area contributed by atoms with Gasteiger partial charge in [0.25, 0.3) is 0 Å². The summed E-state index contributed by atoms with van der Waals surface area (Å²) >= 11 is 2.21. The van der Waals surface area contributed by atoms with Gasteiger partial charge in [0.2, 0.25) is 11.8 Å². The van der Waals surface area contributed by atoms with E-state index in [2.05, 4.69) is 54.6 Å². The summed E-state index contributed by atoms with van der Waals surface area (Å²) in [6.45, 7) is 4.10. The molecule has 4 heteroatoms. The molecule has 0 bridgehead atoms. The lowest BCUT2D eigenvalue weighted by molar-refractivity contribution is -0.122. The molecule has 0 radical (unpaired) electrons. The lowest BCUT2D eigenvalue weighted by Gasteiger charge is -2.15. The van der Waals surface area contributed by atoms with E-state index in [0.29, 0.717) is 12.1 Å². The molecule has 1 aliphatic heterocycles. The van der Waals surface area contributed by atoms with E-state index in [1.54, 1.807) is 0 Å². The number of anilines is 1. The zero-order valence-corrected chi connectivity index (χ0v) is 15.3. The van der Waals surface area contributed by atoms with Crippen molar-refractivity contribution in [3.63, 3.8) is 0 Å². The highest BCUT2D eigenvalue weighted by atomic mass is 127. The molecule has 2 aromatic rings. The zero-order chi connectivity index (χ0) is 16.6. The van der Waals surface area contributed by atoms with E-state index in [4.69, 9.17) is 0 Å². The Morgan fingerprint density at radius 1 is 1.04 bits per heavy atom. The van der Waals surface area contributed by atoms with Crippen LogP contribution in [-0.2, 0) is 16.0 Å². The molecule has 23 heavy (non-hydrogen) atoms. The van der Waals surface area contributed by atoms with Gasteiger partial charge in [0.1, 0.15) is 0 Å². The van der Waals surface area contributed by atoms with Crippen LogP contribution < -0.4 is 4.90 Å². The number of halogens is 1. The van der Waals surface area contributed by atoms with E-state index in [9.17, 15) is 9.59 Å². The summed E-state index contributed by atoms with van der Waals surface area (Å²) in [6, 6.07) is 13.8. The molecule has 1 aliphatic rings. The monoisotopic (exact) mass is 419 g/mol. The molecule has 3 rings (SSSR count). The molecule has 1 unspecified atom stereocenters. The van der Waals surface area contributed by atoms with Crippen LogP contribution in [0.1, 0.15) is 23.1 Å². The molecule has 1 heterocycles. The van der Waals surface area contributed by atoms with Gasteiger partial charge in [0, 0.05) is 9.99 Å². The molecule has 1 atom stereocenters. The van der Waals surface area contributed by atoms with Crippen molar-refractivity contribution in [3.8, 4) is 0 Å². The second kappa shape index (κ2) is 6.43. The second-order valence-corrected chi connectivity index (χ2v) is 7.39. The van der Waals surface area contributed by atoms with Crippen molar-refractivity contribution >= 4 is 40.1 Å². The van der Waals surface area contributed by atoms with Gasteiger partial charge in [0.15, 0.2) is 0 Å². The first-order valence-corrected chi connectivity index (χ1v) is 8.71. The minimum Gasteiger partial charge on any atom is -0.274 e. The highest BCUT2D eigenvalue weighted by Gasteiger charge is 2.39. The number of hydrogen-bond donors (Lipinski definition) is 0. The third kappa shape index (κ3) is 3.47. The molecule has 0 N–H and O–H groups in total. The number of amides is 2. The van der Waals surface area contributed by atoms with Crippen molar-refractivity contribution in [3.05, 3.63) is 62.7 Å². The number of benzene rings is 2. The standard InChI is InChI=1S/C19H18INO2/c1-12-7-13(2)9-14(8-12)10-15-11-18(22)21(19(15)23)17-5-3-16(20)4-6-17/h3-9,15H,10-11H2,1-2H3. The van der Waals surface area contributed by atoms with Gasteiger partial charge in [-0.05, 0) is 72.7 Å². The molecule has 2 amide bonds. The van der Waals surface area contributed by atoms with Crippen LogP contribution in [0, 0.1) is 23.3 Å². The predicted molar refractivity (Wildman–Crippen MR) is 99.4 cm³/mol. The Kier molecular flexibility index (Phi) is 4.53. The minimum absolute atomic E-state index is 0.0876. The molecule has 1 fully saturated rings. The fraction of sp³-hybridized carbons (Fsp3) is 0.263. The van der Waals surface area contributed by atoms with Gasteiger partial charge in [-0.3, -0.25) is 14.5 Å². The Labute approximate surface area is 149 Å². The molecule has 0 saturated carbocycles. The highest BCUT2D eigenvalue weighted by Crippen LogP contribution is 2.29. The number of carbonyl (C=O) groups is 2. The van der Waals surface area contributed by atoms with Crippen LogP contribution in [-0.4, -0.2) is 11.8 Å². The van der Waals surface area contributed by atoms with E-state index in [0.717, 1.165) is 9.13 Å². The Balaban J connectivity index is 1.82. The number of imide groups is 1. The Morgan fingerprint density at radius 3 is 2.26 bits per heavy atom. The fourth-order valence-corrected chi connectivity index (χ4v) is 3.55. The topological polar surface area (TPSA) is 37.4 Å². The van der Waals surface area contributed by atoms with Gasteiger partial charge in [-0.15, -0.1) is 0 Å². The number of hydrogen-bond acceptors (Lipinski definition) is 2. The van der Waals surface area contributed by atoms with Crippen LogP contribution >= 0.6 is 22.6 Å². The summed E-state index contributed by atoms with van der Waals surface area (Å²) < 4.78 is 1.08. The average Bonchev–Trinajstić information content (AvgIpc) is 2.74. The maximum atomic E-state index is 12.7. The number of rotatable bonds is 3. The number of aryl methyl sites for hydroxylation is 2. The van der Waals surface area contributed by atoms with E-state index in [-0.39, 0.29) is 24.2 Å². The first kappa shape index (κ1) is 16.2. The minimum atomic E-state index is -0.261. The highest BCUT2D eigenvalue weighted by molar-refractivity contribution is 14.1. The van der Waals surface area contributed by atoms with Crippen LogP contribution in [0.4, 0.5) is 5.69 Å². The molecular weight excluding hydrogens is 401 g/mol. The van der Waals surface area contributed by atoms with Crippen LogP contribution in [0.15, 0.2) is 42.5 Å². The Hall–Kier alpha value is -1.69. The summed E-state index contributed by atoms with van der Waals surface area (Å²) in [5.74, 6) is -0.455. The first-order chi connectivity index (χ1) is 10.9. The number of carbonyl (C=O) groups excluding carboxylic acids is 2. The van der Waals surface area contributed by atoms with Crippen LogP contribution in [0.2, 0.25) is 0 Å². The van der Waals surface area contributed by atoms with Crippen molar-refractivity contribution < 1.29 is 9.59 Å². The largest absolute Gasteiger partial charge is 0.274 e. The Morgan fingerprint density at radius 2 is 1.65 bits per heavy atom. The molecule has 0 aromatic heterocycles. The van der Waals surface area contributed by atoms with Crippen molar-refractivity contribution in [1.29, 1.82) is 0 Å². The average molecular weight is 419 g/mol. The van der Waals surface area contributed by atoms with E-state index >= 15 is 0 Å². The SMILES string of the molecule is Cc1cc(C)cc(CC2CC(=O)N(c3ccc(I)cc3)C2=O)c1. The number of nitrogens with zero attached hydrogens (tertiary/aromatic N) is 1. The van der Waals surface area contributed by atoms with Crippen LogP contribution in [0.5, 0.6) is 0 Å². The van der Waals surface area contributed by atoms with Crippen molar-refractivity contribution in [2.24, 2.45) is 5.92 Å². The fourth-order valence-electron chi connectivity index (χ4n) is 3.19. The van der Waals surface area contributed by atoms with Gasteiger partial charge in [0.05, 0.1) is 11.6 Å². The van der Waals surface area contributed by atoms with Gasteiger partial charge in [-0.1, -0.05) is 29.3 Å². The summed E-state index contributed by atoms with van der Waals surface area (Å²) in [5, 5.41) is 0. The molecular formula is C19H18INO2. The smallest absolute Gasteiger partial charge is 0.237 e. The molecule has 3 nitrogen and oxygen atoms in total. The molecule has 1 saturated heterocycles. The molecule has 0 spiro atoms. The summed E-state index contributed by atoms with van der Waals surface area (Å²) in [6.07, 6.45) is 0.909. The molecule has 118 valence electrons. The maximum Gasteiger partial charge on any atom is 0.237 e. The van der Waals surface area contributed by atoms with Gasteiger partial charge < -0.3 is 0 Å². The van der Waals surface area contributed by atoms with Gasteiger partial charge >= 0.3 is 0 Å². The van der Waals surface area contributed by atoms with Crippen molar-refractivity contribution in [1.82, 2.24) is 0 Å². The zero-order valence-electron chi connectivity index (χ0n) is 13.2. The quantitative estimate of drug-likeness (QED) is 0.557. The lowest BCUT2D eigenvalue weighted by atomic mass is 9.95. The lowest BCUT2D eigenvalue weighted by Crippen LogP contribution is -2.30. The third-order valence-corrected chi connectivity index (χ3v) is 4.81. The van der Waals surface area contributed by atoms with E-state index in [1.807, 2.05) is 24.3 Å². The summed E-state index contributed by atoms with van der Waals surface area (Å²) in [7, 11) is 0. The second-order valence-electron chi connectivity index (χ2n) is 6.14. The normalized spacial score (nSPS) is 17.9. The van der Waals surface area contributed by atoms with Crippen LogP contribution in [0.3, 0.4) is 0 Å². The maximum absolute atomic E-state index is 12.7. The van der Waals surface area contributed by atoms with E-state index in [1.165, 1.54) is 16.0 Å². The molecule has 0 aliphatic carbocycles. The first-order valence-electron chi connectivity index (χ1n) is 7.63. The molecule has 2 aromatic carbocycles. The summed E-state index contributed by atoms with van der Waals surface area (Å²) in [4.78, 5) is 26.3. The Bertz CT molecular complexity index is 747. The van der Waals surface area contributed by atoms with E-state index < -0.39 is 0 Å². The van der Waals surface area contributed by atoms with Crippen LogP contribution in [0.25, 0.3) is 0 Å². The van der Waals surface area contributed by atoms with Crippen molar-refractivity contribution in [2.75, 3.05) is 4.90 Å². The predicted octanol–water partition coefficient (Wildman–Crippen LogP) is 4.03. The van der Waals surface area contributed by atoms with Crippen molar-refractivity contribution in [2.45, 2.75) is 26.7 Å². The van der Waals surface area contributed by atoms with Gasteiger partial charge in [-0.25, -0.2) is 0 Å².